The van der Waals surface area contributed by atoms with Crippen LogP contribution in [0.25, 0.3) is 22.5 Å². The van der Waals surface area contributed by atoms with E-state index in [1.54, 1.807) is 58.3 Å². The van der Waals surface area contributed by atoms with E-state index in [0.717, 1.165) is 29.0 Å². The molecule has 245 valence electrons. The standard InChI is InChI=1S/C12H9FN.C11H6F2N.C10H22O4.Ir.Pt/c1-9-8-10(13)5-6-11(9)12-4-2-3-7-14-12;12-8-4-5-9(10(13)7-8)11-3-1-2-6-14-11;1-5(11)9(6(2)12)10(7(3)13)8(4)14;;/h2-5,7-8H,1H3;1-4,6-7H;5-14H,1-4H3;;/q2*-1;;;. The van der Waals surface area contributed by atoms with Gasteiger partial charge in [0.2, 0.25) is 0 Å². The summed E-state index contributed by atoms with van der Waals surface area (Å²) < 4.78 is 38.6. The minimum atomic E-state index is -0.760. The molecule has 2 heterocycles. The number of hydrogen-bond acceptors (Lipinski definition) is 6. The fourth-order valence-electron chi connectivity index (χ4n) is 4.61. The first-order valence-electron chi connectivity index (χ1n) is 13.4. The molecule has 2 aromatic carbocycles. The van der Waals surface area contributed by atoms with Crippen LogP contribution in [0, 0.1) is 48.3 Å². The van der Waals surface area contributed by atoms with Gasteiger partial charge in [-0.1, -0.05) is 42.8 Å². The van der Waals surface area contributed by atoms with Gasteiger partial charge in [-0.15, -0.1) is 41.5 Å². The third kappa shape index (κ3) is 13.0. The SMILES string of the molecule is CC(O)C(C(C)O)C(C(C)O)C(C)O.Cc1cc(F)c[c-]c1-c1ccccn1.Fc1c[c-]c(-c2ccccn2)c(F)c1.[Ir].[Pt]. The van der Waals surface area contributed by atoms with E-state index in [0.29, 0.717) is 5.69 Å². The fraction of sp³-hybridized carbons (Fsp3) is 0.333. The molecule has 0 bridgehead atoms. The van der Waals surface area contributed by atoms with Gasteiger partial charge >= 0.3 is 0 Å². The van der Waals surface area contributed by atoms with Crippen LogP contribution in [-0.2, 0) is 41.2 Å². The molecule has 1 radical (unpaired) electrons. The maximum atomic E-state index is 13.2. The van der Waals surface area contributed by atoms with Crippen molar-refractivity contribution in [3.8, 4) is 22.5 Å². The Balaban J connectivity index is 0.000000616. The van der Waals surface area contributed by atoms with Crippen molar-refractivity contribution in [2.45, 2.75) is 59.0 Å². The number of aliphatic hydroxyl groups excluding tert-OH is 4. The molecule has 4 atom stereocenters. The summed E-state index contributed by atoms with van der Waals surface area (Å²) in [7, 11) is 0. The second-order valence-corrected chi connectivity index (χ2v) is 9.96. The average Bonchev–Trinajstić information content (AvgIpc) is 2.92. The molecular formula is C33H37F3IrN2O4Pt-2. The maximum absolute atomic E-state index is 13.2. The Morgan fingerprint density at radius 2 is 1.02 bits per heavy atom. The van der Waals surface area contributed by atoms with Gasteiger partial charge in [-0.3, -0.25) is 13.2 Å². The zero-order valence-electron chi connectivity index (χ0n) is 24.9. The van der Waals surface area contributed by atoms with Gasteiger partial charge < -0.3 is 30.4 Å². The van der Waals surface area contributed by atoms with Gasteiger partial charge in [-0.2, -0.15) is 0 Å². The second-order valence-electron chi connectivity index (χ2n) is 9.96. The van der Waals surface area contributed by atoms with Crippen molar-refractivity contribution in [3.63, 3.8) is 0 Å². The molecule has 0 aliphatic heterocycles. The molecule has 2 aromatic heterocycles. The molecule has 44 heavy (non-hydrogen) atoms. The monoisotopic (exact) mass is 970 g/mol. The van der Waals surface area contributed by atoms with Crippen LogP contribution < -0.4 is 0 Å². The predicted molar refractivity (Wildman–Crippen MR) is 155 cm³/mol. The Hall–Kier alpha value is -2.29. The van der Waals surface area contributed by atoms with Crippen molar-refractivity contribution in [1.82, 2.24) is 9.97 Å². The molecule has 4 rings (SSSR count). The van der Waals surface area contributed by atoms with Crippen LogP contribution in [-0.4, -0.2) is 54.8 Å². The van der Waals surface area contributed by atoms with Gasteiger partial charge in [0, 0.05) is 82.9 Å². The Kier molecular flexibility index (Phi) is 19.6. The van der Waals surface area contributed by atoms with E-state index >= 15 is 0 Å². The molecule has 0 aliphatic carbocycles. The van der Waals surface area contributed by atoms with E-state index < -0.39 is 47.9 Å². The number of benzene rings is 2. The number of hydrogen-bond donors (Lipinski definition) is 4. The number of aromatic nitrogens is 2. The van der Waals surface area contributed by atoms with Crippen molar-refractivity contribution in [3.05, 3.63) is 108 Å². The van der Waals surface area contributed by atoms with Crippen LogP contribution in [0.3, 0.4) is 0 Å². The first-order valence-corrected chi connectivity index (χ1v) is 13.4. The third-order valence-electron chi connectivity index (χ3n) is 6.48. The average molecular weight is 970 g/mol. The van der Waals surface area contributed by atoms with Crippen LogP contribution >= 0.6 is 0 Å². The number of pyridine rings is 2. The minimum Gasteiger partial charge on any atom is -0.393 e. The molecular weight excluding hydrogens is 933 g/mol. The maximum Gasteiger partial charge on any atom is 0.0569 e. The molecule has 0 aliphatic rings. The molecule has 4 aromatic rings. The van der Waals surface area contributed by atoms with Crippen LogP contribution in [0.5, 0.6) is 0 Å². The van der Waals surface area contributed by atoms with E-state index in [2.05, 4.69) is 22.1 Å². The van der Waals surface area contributed by atoms with Gasteiger partial charge in [0.25, 0.3) is 0 Å². The fourth-order valence-corrected chi connectivity index (χ4v) is 4.61. The van der Waals surface area contributed by atoms with E-state index in [1.807, 2.05) is 25.1 Å². The summed E-state index contributed by atoms with van der Waals surface area (Å²) in [5.74, 6) is -2.59. The smallest absolute Gasteiger partial charge is 0.0569 e. The largest absolute Gasteiger partial charge is 0.393 e. The van der Waals surface area contributed by atoms with Gasteiger partial charge in [0.15, 0.2) is 0 Å². The molecule has 0 fully saturated rings. The summed E-state index contributed by atoms with van der Waals surface area (Å²) in [5.41, 5.74) is 3.16. The summed E-state index contributed by atoms with van der Waals surface area (Å²) in [6, 6.07) is 20.9. The quantitative estimate of drug-likeness (QED) is 0.181. The molecule has 0 amide bonds. The summed E-state index contributed by atoms with van der Waals surface area (Å²) >= 11 is 0. The number of halogens is 3. The van der Waals surface area contributed by atoms with Gasteiger partial charge in [0.05, 0.1) is 24.4 Å². The van der Waals surface area contributed by atoms with Crippen molar-refractivity contribution in [2.24, 2.45) is 11.8 Å². The Bertz CT molecular complexity index is 1250. The minimum absolute atomic E-state index is 0. The number of aliphatic hydroxyl groups is 4. The summed E-state index contributed by atoms with van der Waals surface area (Å²) in [4.78, 5) is 8.13. The zero-order chi connectivity index (χ0) is 31.4. The molecule has 0 spiro atoms. The number of nitrogens with zero attached hydrogens (tertiary/aromatic N) is 2. The van der Waals surface area contributed by atoms with Crippen molar-refractivity contribution < 1.29 is 74.8 Å². The Labute approximate surface area is 285 Å². The predicted octanol–water partition coefficient (Wildman–Crippen LogP) is 5.56. The van der Waals surface area contributed by atoms with Crippen LogP contribution in [0.15, 0.2) is 73.1 Å². The molecule has 4 unspecified atom stereocenters. The van der Waals surface area contributed by atoms with E-state index in [9.17, 15) is 33.6 Å². The molecule has 11 heteroatoms. The number of aryl methyl sites for hydroxylation is 1. The zero-order valence-corrected chi connectivity index (χ0v) is 29.5. The van der Waals surface area contributed by atoms with Gasteiger partial charge in [-0.25, -0.2) is 0 Å². The Morgan fingerprint density at radius 3 is 1.36 bits per heavy atom. The van der Waals surface area contributed by atoms with E-state index in [4.69, 9.17) is 0 Å². The van der Waals surface area contributed by atoms with Crippen molar-refractivity contribution in [1.29, 1.82) is 0 Å². The second kappa shape index (κ2) is 20.7. The van der Waals surface area contributed by atoms with Crippen molar-refractivity contribution >= 4 is 0 Å². The summed E-state index contributed by atoms with van der Waals surface area (Å²) in [5, 5.41) is 37.9. The van der Waals surface area contributed by atoms with Crippen LogP contribution in [0.2, 0.25) is 0 Å². The first kappa shape index (κ1) is 41.7. The van der Waals surface area contributed by atoms with E-state index in [1.165, 1.54) is 12.1 Å². The van der Waals surface area contributed by atoms with Gasteiger partial charge in [0.1, 0.15) is 0 Å². The van der Waals surface area contributed by atoms with Crippen LogP contribution in [0.4, 0.5) is 13.2 Å². The Morgan fingerprint density at radius 1 is 0.636 bits per heavy atom. The first-order chi connectivity index (χ1) is 19.8. The third-order valence-corrected chi connectivity index (χ3v) is 6.48. The summed E-state index contributed by atoms with van der Waals surface area (Å²) in [6.07, 6.45) is 0.222. The normalized spacial score (nSPS) is 14.4. The molecule has 6 nitrogen and oxygen atoms in total. The number of rotatable bonds is 7. The molecule has 0 saturated carbocycles. The summed E-state index contributed by atoms with van der Waals surface area (Å²) in [6.45, 7) is 8.05. The van der Waals surface area contributed by atoms with Crippen LogP contribution in [0.1, 0.15) is 33.3 Å². The van der Waals surface area contributed by atoms with Gasteiger partial charge in [-0.05, 0) is 51.2 Å². The molecule has 4 N–H and O–H groups in total. The van der Waals surface area contributed by atoms with E-state index in [-0.39, 0.29) is 52.6 Å². The topological polar surface area (TPSA) is 107 Å². The molecule has 0 saturated heterocycles. The van der Waals surface area contributed by atoms with Crippen molar-refractivity contribution in [2.75, 3.05) is 0 Å².